The zero-order valence-corrected chi connectivity index (χ0v) is 12.5. The summed E-state index contributed by atoms with van der Waals surface area (Å²) >= 11 is 14.5. The second-order valence-electron chi connectivity index (χ2n) is 6.36. The summed E-state index contributed by atoms with van der Waals surface area (Å²) in [6, 6.07) is 0. The number of fused-ring (bicyclic) bond motifs is 1. The maximum Gasteiger partial charge on any atom is 0.0158 e. The number of hydrogen-bond donors (Lipinski definition) is 3. The Morgan fingerprint density at radius 1 is 0.933 bits per heavy atom. The van der Waals surface area contributed by atoms with Crippen molar-refractivity contribution in [3.8, 4) is 0 Å². The summed E-state index contributed by atoms with van der Waals surface area (Å²) < 4.78 is 0.242. The number of thiol groups is 3. The van der Waals surface area contributed by atoms with Gasteiger partial charge in [0, 0.05) is 14.7 Å². The van der Waals surface area contributed by atoms with Gasteiger partial charge in [0.05, 0.1) is 0 Å². The fourth-order valence-corrected chi connectivity index (χ4v) is 6.99. The van der Waals surface area contributed by atoms with Crippen LogP contribution in [0.1, 0.15) is 46.5 Å². The van der Waals surface area contributed by atoms with Gasteiger partial charge in [0.25, 0.3) is 0 Å². The molecule has 0 aromatic heterocycles. The third-order valence-corrected chi connectivity index (χ3v) is 5.78. The van der Waals surface area contributed by atoms with Crippen LogP contribution >= 0.6 is 37.9 Å². The molecule has 0 radical (unpaired) electrons. The fraction of sp³-hybridized carbons (Fsp3) is 1.00. The molecule has 0 N–H and O–H groups in total. The van der Waals surface area contributed by atoms with Crippen molar-refractivity contribution in [2.24, 2.45) is 11.3 Å². The lowest BCUT2D eigenvalue weighted by Crippen LogP contribution is -2.51. The van der Waals surface area contributed by atoms with Crippen molar-refractivity contribution in [2.75, 3.05) is 0 Å². The Labute approximate surface area is 110 Å². The predicted octanol–water partition coefficient (Wildman–Crippen LogP) is 3.87. The minimum absolute atomic E-state index is 0.0897. The molecule has 15 heavy (non-hydrogen) atoms. The van der Waals surface area contributed by atoms with Gasteiger partial charge in [-0.25, -0.2) is 0 Å². The highest BCUT2D eigenvalue weighted by Gasteiger charge is 2.59. The van der Waals surface area contributed by atoms with E-state index in [-0.39, 0.29) is 9.49 Å². The van der Waals surface area contributed by atoms with Crippen molar-refractivity contribution in [1.82, 2.24) is 0 Å². The molecule has 0 aromatic carbocycles. The van der Waals surface area contributed by atoms with Crippen LogP contribution in [0.15, 0.2) is 0 Å². The van der Waals surface area contributed by atoms with Gasteiger partial charge in [-0.05, 0) is 37.0 Å². The van der Waals surface area contributed by atoms with E-state index in [9.17, 15) is 0 Å². The van der Waals surface area contributed by atoms with Crippen LogP contribution in [0.4, 0.5) is 0 Å². The Balaban J connectivity index is 2.39. The van der Waals surface area contributed by atoms with Crippen LogP contribution in [0.5, 0.6) is 0 Å². The maximum atomic E-state index is 4.92. The molecule has 5 atom stereocenters. The van der Waals surface area contributed by atoms with Crippen molar-refractivity contribution in [3.63, 3.8) is 0 Å². The van der Waals surface area contributed by atoms with Crippen LogP contribution < -0.4 is 0 Å². The summed E-state index contributed by atoms with van der Waals surface area (Å²) in [7, 11) is 0. The second-order valence-corrected chi connectivity index (χ2v) is 9.14. The third kappa shape index (κ3) is 1.97. The average molecular weight is 263 g/mol. The highest BCUT2D eigenvalue weighted by atomic mass is 32.1. The Bertz CT molecular complexity index is 272. The molecule has 0 bridgehead atoms. The lowest BCUT2D eigenvalue weighted by molar-refractivity contribution is 0.111. The molecule has 2 rings (SSSR count). The summed E-state index contributed by atoms with van der Waals surface area (Å²) in [6.07, 6.45) is 4.83. The molecule has 0 aliphatic heterocycles. The standard InChI is InChI=1S/C12H22S3/c1-10-4-5-11(2,14)9(10)12(3,15)7-8(13)6-10/h8-9,13-15H,4-7H2,1-3H3. The largest absolute Gasteiger partial charge is 0.176 e. The monoisotopic (exact) mass is 262 g/mol. The van der Waals surface area contributed by atoms with E-state index in [2.05, 4.69) is 20.8 Å². The van der Waals surface area contributed by atoms with Gasteiger partial charge in [-0.1, -0.05) is 20.8 Å². The average Bonchev–Trinajstić information content (AvgIpc) is 2.18. The van der Waals surface area contributed by atoms with Gasteiger partial charge in [-0.15, -0.1) is 0 Å². The molecular weight excluding hydrogens is 240 g/mol. The smallest absolute Gasteiger partial charge is 0.0158 e. The quantitative estimate of drug-likeness (QED) is 0.542. The van der Waals surface area contributed by atoms with Crippen molar-refractivity contribution in [3.05, 3.63) is 0 Å². The molecule has 0 nitrogen and oxygen atoms in total. The number of rotatable bonds is 0. The maximum absolute atomic E-state index is 4.92. The van der Waals surface area contributed by atoms with Gasteiger partial charge in [0.15, 0.2) is 0 Å². The molecule has 0 amide bonds. The first-order valence-corrected chi connectivity index (χ1v) is 7.21. The van der Waals surface area contributed by atoms with E-state index in [4.69, 9.17) is 37.9 Å². The topological polar surface area (TPSA) is 0 Å². The van der Waals surface area contributed by atoms with E-state index in [1.54, 1.807) is 0 Å². The van der Waals surface area contributed by atoms with Crippen LogP contribution in [0.3, 0.4) is 0 Å². The van der Waals surface area contributed by atoms with Gasteiger partial charge in [0.1, 0.15) is 0 Å². The molecule has 0 heterocycles. The van der Waals surface area contributed by atoms with Crippen molar-refractivity contribution in [1.29, 1.82) is 0 Å². The van der Waals surface area contributed by atoms with Crippen LogP contribution in [0, 0.1) is 11.3 Å². The van der Waals surface area contributed by atoms with E-state index in [0.29, 0.717) is 16.6 Å². The zero-order chi connectivity index (χ0) is 11.5. The first-order chi connectivity index (χ1) is 6.67. The van der Waals surface area contributed by atoms with E-state index < -0.39 is 0 Å². The van der Waals surface area contributed by atoms with Crippen LogP contribution in [0.25, 0.3) is 0 Å². The van der Waals surface area contributed by atoms with E-state index in [0.717, 1.165) is 6.42 Å². The lowest BCUT2D eigenvalue weighted by atomic mass is 9.62. The Morgan fingerprint density at radius 2 is 1.53 bits per heavy atom. The molecule has 5 unspecified atom stereocenters. The number of hydrogen-bond acceptors (Lipinski definition) is 3. The first-order valence-electron chi connectivity index (χ1n) is 5.80. The summed E-state index contributed by atoms with van der Waals surface area (Å²) in [4.78, 5) is 0. The molecule has 0 spiro atoms. The van der Waals surface area contributed by atoms with Gasteiger partial charge in [-0.2, -0.15) is 37.9 Å². The molecule has 2 saturated carbocycles. The third-order valence-electron chi connectivity index (χ3n) is 4.49. The minimum atomic E-state index is 0.0897. The van der Waals surface area contributed by atoms with Crippen molar-refractivity contribution in [2.45, 2.75) is 61.2 Å². The van der Waals surface area contributed by atoms with E-state index >= 15 is 0 Å². The van der Waals surface area contributed by atoms with Gasteiger partial charge < -0.3 is 0 Å². The Hall–Kier alpha value is 1.05. The van der Waals surface area contributed by atoms with Gasteiger partial charge >= 0.3 is 0 Å². The molecule has 88 valence electrons. The fourth-order valence-electron chi connectivity index (χ4n) is 4.42. The Kier molecular flexibility index (Phi) is 2.93. The molecule has 2 aliphatic carbocycles. The molecule has 2 aliphatic rings. The lowest BCUT2D eigenvalue weighted by Gasteiger charge is -2.52. The van der Waals surface area contributed by atoms with E-state index in [1.807, 2.05) is 0 Å². The van der Waals surface area contributed by atoms with Crippen LogP contribution in [-0.4, -0.2) is 14.7 Å². The first kappa shape index (κ1) is 12.5. The normalized spacial score (nSPS) is 60.4. The van der Waals surface area contributed by atoms with Crippen LogP contribution in [0.2, 0.25) is 0 Å². The van der Waals surface area contributed by atoms with Gasteiger partial charge in [-0.3, -0.25) is 0 Å². The zero-order valence-electron chi connectivity index (χ0n) is 9.82. The van der Waals surface area contributed by atoms with Crippen molar-refractivity contribution >= 4 is 37.9 Å². The highest BCUT2D eigenvalue weighted by Crippen LogP contribution is 2.63. The Morgan fingerprint density at radius 3 is 2.13 bits per heavy atom. The van der Waals surface area contributed by atoms with Gasteiger partial charge in [0.2, 0.25) is 0 Å². The molecular formula is C12H22S3. The van der Waals surface area contributed by atoms with Crippen molar-refractivity contribution < 1.29 is 0 Å². The predicted molar refractivity (Wildman–Crippen MR) is 77.6 cm³/mol. The SMILES string of the molecule is CC1(S)CCC2(C)CC(S)CC(C)(S)C12. The second kappa shape index (κ2) is 3.52. The summed E-state index contributed by atoms with van der Waals surface area (Å²) in [5.41, 5.74) is 0.400. The molecule has 2 fully saturated rings. The van der Waals surface area contributed by atoms with E-state index in [1.165, 1.54) is 19.3 Å². The summed E-state index contributed by atoms with van der Waals surface area (Å²) in [5, 5.41) is 0.510. The molecule has 0 aromatic rings. The summed E-state index contributed by atoms with van der Waals surface area (Å²) in [5.74, 6) is 0.604. The van der Waals surface area contributed by atoms with Crippen LogP contribution in [-0.2, 0) is 0 Å². The highest BCUT2D eigenvalue weighted by molar-refractivity contribution is 7.83. The minimum Gasteiger partial charge on any atom is -0.176 e. The molecule has 3 heteroatoms. The molecule has 0 saturated heterocycles. The summed E-state index contributed by atoms with van der Waals surface area (Å²) in [6.45, 7) is 6.98.